The van der Waals surface area contributed by atoms with Gasteiger partial charge >= 0.3 is 5.97 Å². The zero-order chi connectivity index (χ0) is 31.5. The summed E-state index contributed by atoms with van der Waals surface area (Å²) in [5.41, 5.74) is 2.19. The molecule has 4 aromatic rings. The summed E-state index contributed by atoms with van der Waals surface area (Å²) in [6.45, 7) is 2.98. The molecule has 0 saturated carbocycles. The number of rotatable bonds is 20. The number of unbranched alkanes of at least 4 members (excludes halogenated alkanes) is 13. The molecule has 4 nitrogen and oxygen atoms in total. The molecule has 0 spiro atoms. The predicted molar refractivity (Wildman–Crippen MR) is 192 cm³/mol. The van der Waals surface area contributed by atoms with Gasteiger partial charge in [0.1, 0.15) is 11.5 Å². The molecule has 5 heteroatoms. The topological polar surface area (TPSA) is 47.9 Å². The van der Waals surface area contributed by atoms with Crippen molar-refractivity contribution in [3.63, 3.8) is 0 Å². The zero-order valence-electron chi connectivity index (χ0n) is 26.9. The summed E-state index contributed by atoms with van der Waals surface area (Å²) < 4.78 is 11.5. The number of ether oxygens (including phenoxy) is 2. The van der Waals surface area contributed by atoms with E-state index >= 15 is 0 Å². The van der Waals surface area contributed by atoms with Crippen molar-refractivity contribution in [1.29, 1.82) is 0 Å². The highest BCUT2D eigenvalue weighted by atomic mass is 32.1. The fraction of sp³-hybridized carbons (Fsp3) is 0.400. The minimum absolute atomic E-state index is 0.397. The third-order valence-corrected chi connectivity index (χ3v) is 8.65. The average molecular weight is 624 g/mol. The van der Waals surface area contributed by atoms with E-state index in [2.05, 4.69) is 30.6 Å². The molecule has 45 heavy (non-hydrogen) atoms. The number of aliphatic imine (C=N–C) groups is 1. The van der Waals surface area contributed by atoms with Gasteiger partial charge in [0, 0.05) is 11.1 Å². The summed E-state index contributed by atoms with van der Waals surface area (Å²) >= 11 is 4.68. The Hall–Kier alpha value is -3.57. The Kier molecular flexibility index (Phi) is 15.0. The summed E-state index contributed by atoms with van der Waals surface area (Å²) in [6, 6.07) is 26.6. The lowest BCUT2D eigenvalue weighted by molar-refractivity contribution is 0.0734. The summed E-state index contributed by atoms with van der Waals surface area (Å²) in [5, 5.41) is 2.21. The van der Waals surface area contributed by atoms with Gasteiger partial charge in [-0.2, -0.15) is 0 Å². The molecule has 0 aliphatic carbocycles. The monoisotopic (exact) mass is 623 g/mol. The number of esters is 1. The number of carbonyl (C=O) groups excluding carboxylic acids is 1. The summed E-state index contributed by atoms with van der Waals surface area (Å²) in [7, 11) is 0. The fourth-order valence-corrected chi connectivity index (χ4v) is 5.79. The zero-order valence-corrected chi connectivity index (χ0v) is 27.8. The molecule has 4 rings (SSSR count). The maximum absolute atomic E-state index is 12.7. The molecule has 0 amide bonds. The van der Waals surface area contributed by atoms with Crippen LogP contribution in [-0.4, -0.2) is 18.8 Å². The fourth-order valence-electron chi connectivity index (χ4n) is 5.45. The van der Waals surface area contributed by atoms with E-state index in [0.717, 1.165) is 39.1 Å². The number of hydrogen-bond donors (Lipinski definition) is 1. The molecule has 0 fully saturated rings. The number of fused-ring (bicyclic) bond motifs is 1. The van der Waals surface area contributed by atoms with E-state index in [9.17, 15) is 4.79 Å². The van der Waals surface area contributed by atoms with Crippen molar-refractivity contribution in [3.05, 3.63) is 96.1 Å². The first-order valence-electron chi connectivity index (χ1n) is 16.9. The molecule has 0 atom stereocenters. The van der Waals surface area contributed by atoms with E-state index in [4.69, 9.17) is 9.47 Å². The first-order valence-corrected chi connectivity index (χ1v) is 17.4. The molecule has 0 N–H and O–H groups in total. The number of benzene rings is 4. The van der Waals surface area contributed by atoms with E-state index < -0.39 is 5.97 Å². The van der Waals surface area contributed by atoms with Crippen LogP contribution in [0.5, 0.6) is 11.5 Å². The van der Waals surface area contributed by atoms with Crippen LogP contribution in [0, 0.1) is 0 Å². The van der Waals surface area contributed by atoms with Gasteiger partial charge in [-0.05, 0) is 77.4 Å². The lowest BCUT2D eigenvalue weighted by Crippen LogP contribution is -2.08. The molecule has 0 bridgehead atoms. The van der Waals surface area contributed by atoms with Gasteiger partial charge in [-0.1, -0.05) is 121 Å². The van der Waals surface area contributed by atoms with Crippen LogP contribution < -0.4 is 9.47 Å². The smallest absolute Gasteiger partial charge is 0.343 e. The molecule has 0 aliphatic heterocycles. The summed E-state index contributed by atoms with van der Waals surface area (Å²) in [4.78, 5) is 18.1. The van der Waals surface area contributed by atoms with Crippen molar-refractivity contribution in [1.82, 2.24) is 0 Å². The van der Waals surface area contributed by atoms with Gasteiger partial charge in [0.25, 0.3) is 0 Å². The van der Waals surface area contributed by atoms with Crippen LogP contribution in [0.4, 0.5) is 5.69 Å². The van der Waals surface area contributed by atoms with Crippen LogP contribution in [0.3, 0.4) is 0 Å². The van der Waals surface area contributed by atoms with Gasteiger partial charge in [-0.25, -0.2) is 4.79 Å². The van der Waals surface area contributed by atoms with E-state index in [1.54, 1.807) is 30.5 Å². The highest BCUT2D eigenvalue weighted by Crippen LogP contribution is 2.31. The van der Waals surface area contributed by atoms with Crippen molar-refractivity contribution in [2.24, 2.45) is 4.99 Å². The molecule has 0 heterocycles. The van der Waals surface area contributed by atoms with Crippen molar-refractivity contribution in [3.8, 4) is 11.5 Å². The molecule has 4 aromatic carbocycles. The Morgan fingerprint density at radius 2 is 1.24 bits per heavy atom. The second-order valence-corrected chi connectivity index (χ2v) is 12.3. The van der Waals surface area contributed by atoms with Crippen molar-refractivity contribution >= 4 is 41.3 Å². The Labute approximate surface area is 275 Å². The van der Waals surface area contributed by atoms with Crippen LogP contribution in [0.15, 0.2) is 94.8 Å². The normalized spacial score (nSPS) is 11.3. The minimum atomic E-state index is -0.397. The SMILES string of the molecule is CCCCCCCCCCCCCCCCOc1ccc(C(=O)Oc2ccc(C=Nc3ccc4ccccc4c3S)cc2)cc1. The lowest BCUT2D eigenvalue weighted by atomic mass is 10.0. The molecule has 0 radical (unpaired) electrons. The van der Waals surface area contributed by atoms with Crippen LogP contribution in [0.2, 0.25) is 0 Å². The highest BCUT2D eigenvalue weighted by Gasteiger charge is 2.09. The molecular weight excluding hydrogens is 575 g/mol. The van der Waals surface area contributed by atoms with E-state index in [-0.39, 0.29) is 0 Å². The van der Waals surface area contributed by atoms with Gasteiger partial charge in [0.15, 0.2) is 0 Å². The molecule has 0 unspecified atom stereocenters. The second kappa shape index (κ2) is 19.7. The van der Waals surface area contributed by atoms with Crippen LogP contribution in [0.25, 0.3) is 10.8 Å². The van der Waals surface area contributed by atoms with Crippen LogP contribution in [0.1, 0.15) is 113 Å². The molecule has 0 aromatic heterocycles. The third kappa shape index (κ3) is 12.0. The van der Waals surface area contributed by atoms with Crippen LogP contribution >= 0.6 is 12.6 Å². The first kappa shape index (κ1) is 34.3. The summed E-state index contributed by atoms with van der Waals surface area (Å²) in [6.07, 6.45) is 20.6. The number of hydrogen-bond acceptors (Lipinski definition) is 5. The Morgan fingerprint density at radius 3 is 1.89 bits per heavy atom. The Balaban J connectivity index is 1.09. The van der Waals surface area contributed by atoms with Crippen molar-refractivity contribution in [2.45, 2.75) is 102 Å². The molecule has 0 aliphatic rings. The average Bonchev–Trinajstić information content (AvgIpc) is 3.07. The molecule has 0 saturated heterocycles. The van der Waals surface area contributed by atoms with E-state index in [1.165, 1.54) is 83.5 Å². The van der Waals surface area contributed by atoms with E-state index in [1.807, 2.05) is 54.6 Å². The number of carbonyl (C=O) groups is 1. The van der Waals surface area contributed by atoms with Gasteiger partial charge in [-0.15, -0.1) is 12.6 Å². The van der Waals surface area contributed by atoms with Gasteiger partial charge in [-0.3, -0.25) is 4.99 Å². The standard InChI is InChI=1S/C40H49NO3S/c1-2-3-4-5-6-7-8-9-10-11-12-13-14-17-30-43-35-27-22-34(23-28-35)40(42)44-36-25-20-32(21-26-36)31-41-38-29-24-33-18-15-16-19-37(33)39(38)45/h15-16,18-29,31,45H,2-14,17,30H2,1H3. The van der Waals surface area contributed by atoms with Crippen LogP contribution in [-0.2, 0) is 0 Å². The van der Waals surface area contributed by atoms with Gasteiger partial charge in [0.05, 0.1) is 17.9 Å². The second-order valence-electron chi connectivity index (χ2n) is 11.8. The maximum atomic E-state index is 12.7. The largest absolute Gasteiger partial charge is 0.494 e. The number of nitrogens with zero attached hydrogens (tertiary/aromatic N) is 1. The third-order valence-electron chi connectivity index (χ3n) is 8.18. The van der Waals surface area contributed by atoms with Crippen molar-refractivity contribution in [2.75, 3.05) is 6.61 Å². The maximum Gasteiger partial charge on any atom is 0.343 e. The summed E-state index contributed by atoms with van der Waals surface area (Å²) in [5.74, 6) is 0.863. The first-order chi connectivity index (χ1) is 22.1. The van der Waals surface area contributed by atoms with Gasteiger partial charge < -0.3 is 9.47 Å². The number of thiol groups is 1. The highest BCUT2D eigenvalue weighted by molar-refractivity contribution is 7.80. The molecule has 238 valence electrons. The van der Waals surface area contributed by atoms with E-state index in [0.29, 0.717) is 17.9 Å². The minimum Gasteiger partial charge on any atom is -0.494 e. The Morgan fingerprint density at radius 1 is 0.667 bits per heavy atom. The Bertz CT molecular complexity index is 1460. The predicted octanol–water partition coefficient (Wildman–Crippen LogP) is 12.0. The van der Waals surface area contributed by atoms with Crippen molar-refractivity contribution < 1.29 is 14.3 Å². The molecular formula is C40H49NO3S. The quantitative estimate of drug-likeness (QED) is 0.0350. The lowest BCUT2D eigenvalue weighted by Gasteiger charge is -2.08. The van der Waals surface area contributed by atoms with Gasteiger partial charge in [0.2, 0.25) is 0 Å².